The van der Waals surface area contributed by atoms with Crippen LogP contribution in [0.2, 0.25) is 0 Å². The monoisotopic (exact) mass is 457 g/mol. The first-order valence-electron chi connectivity index (χ1n) is 10.8. The smallest absolute Gasteiger partial charge is 0.237 e. The van der Waals surface area contributed by atoms with Crippen LogP contribution in [-0.2, 0) is 11.2 Å². The molecule has 4 aromatic rings. The summed E-state index contributed by atoms with van der Waals surface area (Å²) in [6.07, 6.45) is 4.37. The molecule has 0 bridgehead atoms. The highest BCUT2D eigenvalue weighted by atomic mass is 32.2. The molecule has 8 heteroatoms. The number of benzene rings is 2. The van der Waals surface area contributed by atoms with Crippen LogP contribution in [0.15, 0.2) is 78.2 Å². The molecule has 0 N–H and O–H groups in total. The molecule has 0 fully saturated rings. The van der Waals surface area contributed by atoms with Gasteiger partial charge in [-0.15, -0.1) is 10.2 Å². The maximum absolute atomic E-state index is 13.0. The number of amides is 1. The highest BCUT2D eigenvalue weighted by Crippen LogP contribution is 2.31. The first kappa shape index (κ1) is 21.2. The molecule has 3 heterocycles. The average Bonchev–Trinajstić information content (AvgIpc) is 3.48. The molecule has 1 aliphatic heterocycles. The summed E-state index contributed by atoms with van der Waals surface area (Å²) in [5.41, 5.74) is 3.97. The number of hydrogen-bond acceptors (Lipinski definition) is 6. The van der Waals surface area contributed by atoms with Crippen molar-refractivity contribution in [2.24, 2.45) is 0 Å². The van der Waals surface area contributed by atoms with E-state index in [1.54, 1.807) is 12.4 Å². The van der Waals surface area contributed by atoms with Gasteiger partial charge in [-0.1, -0.05) is 30.0 Å². The first-order valence-corrected chi connectivity index (χ1v) is 11.8. The molecular weight excluding hydrogens is 434 g/mol. The summed E-state index contributed by atoms with van der Waals surface area (Å²) in [6, 6.07) is 19.7. The Morgan fingerprint density at radius 2 is 1.91 bits per heavy atom. The number of fused-ring (bicyclic) bond motifs is 1. The molecule has 0 radical (unpaired) electrons. The minimum absolute atomic E-state index is 0.0640. The van der Waals surface area contributed by atoms with Crippen molar-refractivity contribution in [1.82, 2.24) is 19.7 Å². The fraction of sp³-hybridized carbons (Fsp3) is 0.200. The molecule has 0 spiro atoms. The van der Waals surface area contributed by atoms with E-state index in [0.717, 1.165) is 29.1 Å². The van der Waals surface area contributed by atoms with Crippen molar-refractivity contribution < 1.29 is 9.53 Å². The highest BCUT2D eigenvalue weighted by molar-refractivity contribution is 7.99. The van der Waals surface area contributed by atoms with E-state index in [4.69, 9.17) is 4.74 Å². The number of thioether (sulfide) groups is 1. The standard InChI is InChI=1S/C25H23N5O2S/c1-2-32-21-11-9-20(10-12-21)30-24(19-7-5-14-26-16-19)27-28-25(30)33-17-23(31)29-15-13-18-6-3-4-8-22(18)29/h3-12,14,16H,2,13,15,17H2,1H3. The number of aromatic nitrogens is 4. The molecule has 1 amide bonds. The van der Waals surface area contributed by atoms with Crippen molar-refractivity contribution in [3.05, 3.63) is 78.6 Å². The Labute approximate surface area is 196 Å². The number of para-hydroxylation sites is 1. The minimum atomic E-state index is 0.0640. The van der Waals surface area contributed by atoms with Crippen LogP contribution in [0.25, 0.3) is 17.1 Å². The average molecular weight is 458 g/mol. The number of ether oxygens (including phenoxy) is 1. The Morgan fingerprint density at radius 1 is 1.06 bits per heavy atom. The number of hydrogen-bond donors (Lipinski definition) is 0. The van der Waals surface area contributed by atoms with Gasteiger partial charge in [0.15, 0.2) is 11.0 Å². The summed E-state index contributed by atoms with van der Waals surface area (Å²) < 4.78 is 7.54. The van der Waals surface area contributed by atoms with Gasteiger partial charge in [0.05, 0.1) is 12.4 Å². The van der Waals surface area contributed by atoms with Gasteiger partial charge in [-0.05, 0) is 61.4 Å². The van der Waals surface area contributed by atoms with E-state index < -0.39 is 0 Å². The zero-order chi connectivity index (χ0) is 22.6. The van der Waals surface area contributed by atoms with Gasteiger partial charge >= 0.3 is 0 Å². The molecule has 0 saturated carbocycles. The van der Waals surface area contributed by atoms with Crippen LogP contribution in [0.1, 0.15) is 12.5 Å². The van der Waals surface area contributed by atoms with Crippen LogP contribution in [0, 0.1) is 0 Å². The molecule has 2 aromatic heterocycles. The fourth-order valence-electron chi connectivity index (χ4n) is 3.94. The summed E-state index contributed by atoms with van der Waals surface area (Å²) in [5, 5.41) is 9.50. The van der Waals surface area contributed by atoms with Gasteiger partial charge in [-0.3, -0.25) is 14.3 Å². The summed E-state index contributed by atoms with van der Waals surface area (Å²) >= 11 is 1.39. The number of carbonyl (C=O) groups excluding carboxylic acids is 1. The number of rotatable bonds is 7. The van der Waals surface area contributed by atoms with Crippen molar-refractivity contribution in [1.29, 1.82) is 0 Å². The van der Waals surface area contributed by atoms with E-state index >= 15 is 0 Å². The minimum Gasteiger partial charge on any atom is -0.494 e. The molecule has 0 unspecified atom stereocenters. The molecule has 0 saturated heterocycles. The Hall–Kier alpha value is -3.65. The molecule has 166 valence electrons. The number of carbonyl (C=O) groups is 1. The summed E-state index contributed by atoms with van der Waals surface area (Å²) in [5.74, 6) is 1.81. The van der Waals surface area contributed by atoms with E-state index in [1.165, 1.54) is 17.3 Å². The molecule has 1 aliphatic rings. The third-order valence-corrected chi connectivity index (χ3v) is 6.39. The SMILES string of the molecule is CCOc1ccc(-n2c(SCC(=O)N3CCc4ccccc43)nnc2-c2cccnc2)cc1. The van der Waals surface area contributed by atoms with E-state index in [1.807, 2.05) is 71.0 Å². The predicted molar refractivity (Wildman–Crippen MR) is 129 cm³/mol. The topological polar surface area (TPSA) is 73.1 Å². The predicted octanol–water partition coefficient (Wildman–Crippen LogP) is 4.41. The van der Waals surface area contributed by atoms with Gasteiger partial charge in [0.25, 0.3) is 0 Å². The van der Waals surface area contributed by atoms with Crippen LogP contribution < -0.4 is 9.64 Å². The lowest BCUT2D eigenvalue weighted by Gasteiger charge is -2.17. The maximum Gasteiger partial charge on any atom is 0.237 e. The summed E-state index contributed by atoms with van der Waals surface area (Å²) in [4.78, 5) is 19.1. The van der Waals surface area contributed by atoms with Gasteiger partial charge in [-0.2, -0.15) is 0 Å². The summed E-state index contributed by atoms with van der Waals surface area (Å²) in [7, 11) is 0. The van der Waals surface area contributed by atoms with Crippen LogP contribution in [0.4, 0.5) is 5.69 Å². The van der Waals surface area contributed by atoms with Crippen LogP contribution in [0.3, 0.4) is 0 Å². The zero-order valence-electron chi connectivity index (χ0n) is 18.2. The van der Waals surface area contributed by atoms with Crippen molar-refractivity contribution >= 4 is 23.4 Å². The first-order chi connectivity index (χ1) is 16.2. The van der Waals surface area contributed by atoms with Crippen molar-refractivity contribution in [3.63, 3.8) is 0 Å². The lowest BCUT2D eigenvalue weighted by atomic mass is 10.2. The molecule has 0 atom stereocenters. The van der Waals surface area contributed by atoms with Crippen LogP contribution >= 0.6 is 11.8 Å². The van der Waals surface area contributed by atoms with E-state index in [2.05, 4.69) is 21.2 Å². The molecule has 0 aliphatic carbocycles. The molecule has 33 heavy (non-hydrogen) atoms. The Kier molecular flexibility index (Phi) is 6.08. The molecule has 5 rings (SSSR count). The van der Waals surface area contributed by atoms with Gasteiger partial charge in [-0.25, -0.2) is 0 Å². The summed E-state index contributed by atoms with van der Waals surface area (Å²) in [6.45, 7) is 3.28. The lowest BCUT2D eigenvalue weighted by molar-refractivity contribution is -0.116. The van der Waals surface area contributed by atoms with Crippen LogP contribution in [-0.4, -0.2) is 44.6 Å². The highest BCUT2D eigenvalue weighted by Gasteiger charge is 2.25. The largest absolute Gasteiger partial charge is 0.494 e. The molecule has 7 nitrogen and oxygen atoms in total. The Balaban J connectivity index is 1.43. The number of anilines is 1. The van der Waals surface area contributed by atoms with E-state index in [-0.39, 0.29) is 11.7 Å². The second kappa shape index (κ2) is 9.46. The van der Waals surface area contributed by atoms with Crippen molar-refractivity contribution in [3.8, 4) is 22.8 Å². The number of pyridine rings is 1. The van der Waals surface area contributed by atoms with Gasteiger partial charge in [0, 0.05) is 35.9 Å². The van der Waals surface area contributed by atoms with Gasteiger partial charge in [0.1, 0.15) is 5.75 Å². The number of nitrogens with zero attached hydrogens (tertiary/aromatic N) is 5. The zero-order valence-corrected chi connectivity index (χ0v) is 19.0. The van der Waals surface area contributed by atoms with Gasteiger partial charge in [0.2, 0.25) is 5.91 Å². The second-order valence-corrected chi connectivity index (χ2v) is 8.47. The van der Waals surface area contributed by atoms with Crippen molar-refractivity contribution in [2.45, 2.75) is 18.5 Å². The molecule has 2 aromatic carbocycles. The normalized spacial score (nSPS) is 12.6. The van der Waals surface area contributed by atoms with E-state index in [0.29, 0.717) is 24.1 Å². The second-order valence-electron chi connectivity index (χ2n) is 7.52. The van der Waals surface area contributed by atoms with Crippen LogP contribution in [0.5, 0.6) is 5.75 Å². The third-order valence-electron chi connectivity index (χ3n) is 5.47. The van der Waals surface area contributed by atoms with E-state index in [9.17, 15) is 4.79 Å². The Morgan fingerprint density at radius 3 is 2.70 bits per heavy atom. The fourth-order valence-corrected chi connectivity index (χ4v) is 4.77. The maximum atomic E-state index is 13.0. The quantitative estimate of drug-likeness (QED) is 0.383. The molecular formula is C25H23N5O2S. The van der Waals surface area contributed by atoms with Gasteiger partial charge < -0.3 is 9.64 Å². The Bertz CT molecular complexity index is 1260. The third kappa shape index (κ3) is 4.34. The lowest BCUT2D eigenvalue weighted by Crippen LogP contribution is -2.30. The van der Waals surface area contributed by atoms with Crippen molar-refractivity contribution in [2.75, 3.05) is 23.8 Å².